The first-order chi connectivity index (χ1) is 18.8. The van der Waals surface area contributed by atoms with E-state index in [1.54, 1.807) is 13.0 Å². The zero-order valence-corrected chi connectivity index (χ0v) is 24.0. The Labute approximate surface area is 236 Å². The van der Waals surface area contributed by atoms with E-state index in [2.05, 4.69) is 25.5 Å². The molecule has 210 valence electrons. The Morgan fingerprint density at radius 3 is 2.30 bits per heavy atom. The number of amides is 1. The SMILES string of the molecule is Cc1cc(C#N)nc(N2CCN(S(=O)(=O)c3ccc(NC(=O)c4cc(Cl)nnc4N(C)S(C)(=O)=O)cc3)CC2)n1. The van der Waals surface area contributed by atoms with Crippen LogP contribution >= 0.6 is 11.6 Å². The maximum atomic E-state index is 13.2. The molecule has 1 aromatic carbocycles. The molecule has 0 spiro atoms. The zero-order valence-electron chi connectivity index (χ0n) is 21.6. The van der Waals surface area contributed by atoms with E-state index < -0.39 is 26.0 Å². The van der Waals surface area contributed by atoms with E-state index in [9.17, 15) is 21.6 Å². The quantitative estimate of drug-likeness (QED) is 0.409. The fraction of sp³-hybridized carbons (Fsp3) is 0.304. The van der Waals surface area contributed by atoms with Gasteiger partial charge >= 0.3 is 0 Å². The molecule has 1 N–H and O–H groups in total. The number of carbonyl (C=O) groups is 1. The molecule has 0 saturated carbocycles. The molecule has 0 bridgehead atoms. The monoisotopic (exact) mass is 605 g/mol. The number of halogens is 1. The molecule has 14 nitrogen and oxygen atoms in total. The molecule has 2 aromatic heterocycles. The minimum absolute atomic E-state index is 0.0312. The molecule has 3 aromatic rings. The molecule has 3 heterocycles. The summed E-state index contributed by atoms with van der Waals surface area (Å²) in [6.45, 7) is 2.82. The average Bonchev–Trinajstić information content (AvgIpc) is 2.92. The molecule has 1 aliphatic rings. The van der Waals surface area contributed by atoms with Gasteiger partial charge in [-0.1, -0.05) is 11.6 Å². The van der Waals surface area contributed by atoms with Crippen molar-refractivity contribution in [1.29, 1.82) is 5.26 Å². The van der Waals surface area contributed by atoms with Gasteiger partial charge in [-0.3, -0.25) is 9.10 Å². The van der Waals surface area contributed by atoms with Gasteiger partial charge in [0.15, 0.2) is 11.0 Å². The number of anilines is 3. The Morgan fingerprint density at radius 2 is 1.70 bits per heavy atom. The van der Waals surface area contributed by atoms with Crippen molar-refractivity contribution in [3.63, 3.8) is 0 Å². The van der Waals surface area contributed by atoms with Crippen LogP contribution < -0.4 is 14.5 Å². The van der Waals surface area contributed by atoms with E-state index in [4.69, 9.17) is 16.9 Å². The molecule has 0 aliphatic carbocycles. The number of sulfonamides is 2. The molecule has 0 unspecified atom stereocenters. The lowest BCUT2D eigenvalue weighted by Crippen LogP contribution is -2.49. The van der Waals surface area contributed by atoms with Crippen molar-refractivity contribution >= 4 is 55.0 Å². The highest BCUT2D eigenvalue weighted by Crippen LogP contribution is 2.24. The van der Waals surface area contributed by atoms with E-state index in [-0.39, 0.29) is 45.9 Å². The predicted octanol–water partition coefficient (Wildman–Crippen LogP) is 1.26. The number of hydrogen-bond acceptors (Lipinski definition) is 11. The van der Waals surface area contributed by atoms with Gasteiger partial charge in [-0.2, -0.15) is 9.57 Å². The fourth-order valence-corrected chi connectivity index (χ4v) is 5.87. The molecule has 1 fully saturated rings. The number of benzene rings is 1. The van der Waals surface area contributed by atoms with E-state index in [0.717, 1.165) is 10.6 Å². The summed E-state index contributed by atoms with van der Waals surface area (Å²) >= 11 is 5.88. The van der Waals surface area contributed by atoms with Crippen LogP contribution in [0.1, 0.15) is 21.7 Å². The van der Waals surface area contributed by atoms with E-state index >= 15 is 0 Å². The minimum Gasteiger partial charge on any atom is -0.338 e. The number of nitrogens with zero attached hydrogens (tertiary/aromatic N) is 8. The van der Waals surface area contributed by atoms with Crippen molar-refractivity contribution in [2.75, 3.05) is 54.0 Å². The van der Waals surface area contributed by atoms with Crippen molar-refractivity contribution in [1.82, 2.24) is 24.5 Å². The lowest BCUT2D eigenvalue weighted by molar-refractivity contribution is 0.102. The summed E-state index contributed by atoms with van der Waals surface area (Å²) in [7, 11) is -6.35. The minimum atomic E-state index is -3.83. The Morgan fingerprint density at radius 1 is 1.05 bits per heavy atom. The van der Waals surface area contributed by atoms with Gasteiger partial charge in [0.2, 0.25) is 26.0 Å². The van der Waals surface area contributed by atoms with Gasteiger partial charge < -0.3 is 10.2 Å². The highest BCUT2D eigenvalue weighted by molar-refractivity contribution is 7.92. The number of piperazine rings is 1. The standard InChI is InChI=1S/C23H24ClN9O5S2/c1-15-12-17(14-25)28-23(26-15)32-8-10-33(11-9-32)40(37,38)18-6-4-16(5-7-18)27-22(34)19-13-20(24)29-30-21(19)31(2)39(3,35)36/h4-7,12-13H,8-11H2,1-3H3,(H,27,34). The van der Waals surface area contributed by atoms with Crippen LogP contribution in [0.2, 0.25) is 5.15 Å². The second-order valence-electron chi connectivity index (χ2n) is 8.81. The van der Waals surface area contributed by atoms with Gasteiger partial charge in [-0.05, 0) is 43.3 Å². The fourth-order valence-electron chi connectivity index (χ4n) is 3.86. The Bertz CT molecular complexity index is 1700. The molecule has 4 rings (SSSR count). The third-order valence-corrected chi connectivity index (χ3v) is 9.28. The maximum Gasteiger partial charge on any atom is 0.259 e. The lowest BCUT2D eigenvalue weighted by atomic mass is 10.2. The van der Waals surface area contributed by atoms with Crippen LogP contribution in [0.3, 0.4) is 0 Å². The van der Waals surface area contributed by atoms with Gasteiger partial charge in [0.1, 0.15) is 11.8 Å². The van der Waals surface area contributed by atoms with Gasteiger partial charge in [0.05, 0.1) is 16.7 Å². The number of carbonyl (C=O) groups excluding carboxylic acids is 1. The van der Waals surface area contributed by atoms with Crippen LogP contribution in [-0.2, 0) is 20.0 Å². The van der Waals surface area contributed by atoms with Gasteiger partial charge in [0.25, 0.3) is 5.91 Å². The molecule has 1 saturated heterocycles. The summed E-state index contributed by atoms with van der Waals surface area (Å²) in [6, 6.07) is 10.3. The Kier molecular flexibility index (Phi) is 8.21. The zero-order chi connectivity index (χ0) is 29.2. The normalized spacial score (nSPS) is 14.4. The second kappa shape index (κ2) is 11.3. The summed E-state index contributed by atoms with van der Waals surface area (Å²) < 4.78 is 52.5. The second-order valence-corrected chi connectivity index (χ2v) is 13.1. The van der Waals surface area contributed by atoms with E-state index in [0.29, 0.717) is 24.7 Å². The first kappa shape index (κ1) is 29.1. The molecule has 40 heavy (non-hydrogen) atoms. The van der Waals surface area contributed by atoms with Crippen LogP contribution in [0.5, 0.6) is 0 Å². The van der Waals surface area contributed by atoms with Crippen molar-refractivity contribution in [3.8, 4) is 6.07 Å². The van der Waals surface area contributed by atoms with Gasteiger partial charge in [0, 0.05) is 44.6 Å². The number of nitrogens with one attached hydrogen (secondary N) is 1. The maximum absolute atomic E-state index is 13.2. The first-order valence-electron chi connectivity index (χ1n) is 11.7. The Balaban J connectivity index is 1.46. The summed E-state index contributed by atoms with van der Waals surface area (Å²) in [5.41, 5.74) is 1.01. The third-order valence-electron chi connectivity index (χ3n) is 6.01. The largest absolute Gasteiger partial charge is 0.338 e. The average molecular weight is 606 g/mol. The molecule has 1 aliphatic heterocycles. The number of aromatic nitrogens is 4. The van der Waals surface area contributed by atoms with Crippen LogP contribution in [-0.4, -0.2) is 86.7 Å². The predicted molar refractivity (Wildman–Crippen MR) is 147 cm³/mol. The van der Waals surface area contributed by atoms with E-state index in [1.807, 2.05) is 11.0 Å². The molecule has 0 atom stereocenters. The highest BCUT2D eigenvalue weighted by Gasteiger charge is 2.30. The summed E-state index contributed by atoms with van der Waals surface area (Å²) in [6.07, 6.45) is 0.949. The number of nitriles is 1. The molecule has 1 amide bonds. The Hall–Kier alpha value is -3.91. The van der Waals surface area contributed by atoms with Gasteiger partial charge in [-0.25, -0.2) is 26.8 Å². The summed E-state index contributed by atoms with van der Waals surface area (Å²) in [4.78, 5) is 23.4. The lowest BCUT2D eigenvalue weighted by Gasteiger charge is -2.34. The van der Waals surface area contributed by atoms with Crippen LogP contribution in [0, 0.1) is 18.3 Å². The van der Waals surface area contributed by atoms with E-state index in [1.165, 1.54) is 41.7 Å². The van der Waals surface area contributed by atoms with Crippen molar-refractivity contribution in [3.05, 3.63) is 58.5 Å². The molecular formula is C23H24ClN9O5S2. The summed E-state index contributed by atoms with van der Waals surface area (Å²) in [5, 5.41) is 19.0. The van der Waals surface area contributed by atoms with Crippen molar-refractivity contribution in [2.24, 2.45) is 0 Å². The number of hydrogen-bond donors (Lipinski definition) is 1. The van der Waals surface area contributed by atoms with Crippen LogP contribution in [0.4, 0.5) is 17.5 Å². The third kappa shape index (κ3) is 6.28. The van der Waals surface area contributed by atoms with Gasteiger partial charge in [-0.15, -0.1) is 10.2 Å². The first-order valence-corrected chi connectivity index (χ1v) is 15.4. The topological polar surface area (TPSA) is 182 Å². The van der Waals surface area contributed by atoms with Crippen molar-refractivity contribution < 1.29 is 21.6 Å². The molecule has 17 heteroatoms. The molecule has 0 radical (unpaired) electrons. The van der Waals surface area contributed by atoms with Crippen LogP contribution in [0.25, 0.3) is 0 Å². The smallest absolute Gasteiger partial charge is 0.259 e. The molecular weight excluding hydrogens is 582 g/mol. The highest BCUT2D eigenvalue weighted by atomic mass is 35.5. The van der Waals surface area contributed by atoms with Crippen molar-refractivity contribution in [2.45, 2.75) is 11.8 Å². The number of rotatable bonds is 7. The van der Waals surface area contributed by atoms with Crippen LogP contribution in [0.15, 0.2) is 41.3 Å². The summed E-state index contributed by atoms with van der Waals surface area (Å²) in [5.74, 6) is -0.556. The number of aryl methyl sites for hydroxylation is 1.